The van der Waals surface area contributed by atoms with Crippen LogP contribution in [-0.4, -0.2) is 43.6 Å². The summed E-state index contributed by atoms with van der Waals surface area (Å²) >= 11 is 0. The summed E-state index contributed by atoms with van der Waals surface area (Å²) in [4.78, 5) is 12.4. The van der Waals surface area contributed by atoms with Crippen LogP contribution in [0.3, 0.4) is 0 Å². The molecular weight excluding hydrogens is 384 g/mol. The van der Waals surface area contributed by atoms with Gasteiger partial charge in [0, 0.05) is 17.2 Å². The number of amides is 1. The molecule has 0 radical (unpaired) electrons. The summed E-state index contributed by atoms with van der Waals surface area (Å²) < 4.78 is 15.9. The van der Waals surface area contributed by atoms with E-state index in [0.29, 0.717) is 34.2 Å². The first kappa shape index (κ1) is 20.9. The summed E-state index contributed by atoms with van der Waals surface area (Å²) in [6.45, 7) is 4.09. The Morgan fingerprint density at radius 1 is 0.967 bits per heavy atom. The van der Waals surface area contributed by atoms with Crippen LogP contribution in [0.5, 0.6) is 17.2 Å². The predicted molar refractivity (Wildman–Crippen MR) is 115 cm³/mol. The maximum atomic E-state index is 12.4. The van der Waals surface area contributed by atoms with Gasteiger partial charge in [-0.15, -0.1) is 0 Å². The first-order valence-electron chi connectivity index (χ1n) is 9.23. The Hall–Kier alpha value is -3.81. The van der Waals surface area contributed by atoms with Gasteiger partial charge in [0.15, 0.2) is 11.5 Å². The average molecular weight is 408 g/mol. The molecule has 0 bridgehead atoms. The number of hydrogen-bond donors (Lipinski definition) is 2. The van der Waals surface area contributed by atoms with Crippen molar-refractivity contribution in [3.05, 3.63) is 58.8 Å². The molecule has 8 heteroatoms. The second-order valence-corrected chi connectivity index (χ2v) is 6.61. The van der Waals surface area contributed by atoms with E-state index in [4.69, 9.17) is 14.2 Å². The summed E-state index contributed by atoms with van der Waals surface area (Å²) in [6, 6.07) is 11.1. The second-order valence-electron chi connectivity index (χ2n) is 6.61. The lowest BCUT2D eigenvalue weighted by atomic mass is 10.0. The minimum absolute atomic E-state index is 0.305. The number of hydrogen-bond acceptors (Lipinski definition) is 6. The number of nitrogens with zero attached hydrogens (tertiary/aromatic N) is 2. The molecule has 0 unspecified atom stereocenters. The highest BCUT2D eigenvalue weighted by Crippen LogP contribution is 2.33. The quantitative estimate of drug-likeness (QED) is 0.461. The monoisotopic (exact) mass is 408 g/mol. The molecule has 0 saturated heterocycles. The number of H-pyrrole nitrogens is 1. The normalized spacial score (nSPS) is 10.8. The maximum absolute atomic E-state index is 12.4. The molecule has 0 atom stereocenters. The average Bonchev–Trinajstić information content (AvgIpc) is 3.25. The van der Waals surface area contributed by atoms with Crippen LogP contribution in [0.1, 0.15) is 27.2 Å². The van der Waals surface area contributed by atoms with E-state index in [0.717, 1.165) is 11.1 Å². The van der Waals surface area contributed by atoms with E-state index < -0.39 is 5.91 Å². The Balaban J connectivity index is 1.74. The molecule has 1 amide bonds. The van der Waals surface area contributed by atoms with Crippen LogP contribution < -0.4 is 19.6 Å². The number of carbonyl (C=O) groups excluding carboxylic acids is 1. The number of ether oxygens (including phenoxy) is 3. The lowest BCUT2D eigenvalue weighted by Gasteiger charge is -2.11. The molecule has 156 valence electrons. The van der Waals surface area contributed by atoms with Crippen LogP contribution in [0, 0.1) is 13.8 Å². The van der Waals surface area contributed by atoms with E-state index in [1.54, 1.807) is 32.4 Å². The van der Waals surface area contributed by atoms with Crippen molar-refractivity contribution in [1.29, 1.82) is 0 Å². The van der Waals surface area contributed by atoms with Crippen molar-refractivity contribution in [3.63, 3.8) is 0 Å². The lowest BCUT2D eigenvalue weighted by molar-refractivity contribution is 0.0950. The smallest absolute Gasteiger partial charge is 0.289 e. The molecule has 0 aliphatic heterocycles. The minimum Gasteiger partial charge on any atom is -0.496 e. The van der Waals surface area contributed by atoms with Gasteiger partial charge < -0.3 is 14.2 Å². The van der Waals surface area contributed by atoms with Gasteiger partial charge in [-0.25, -0.2) is 5.43 Å². The molecule has 0 aliphatic rings. The third-order valence-corrected chi connectivity index (χ3v) is 4.73. The number of hydrazone groups is 1. The van der Waals surface area contributed by atoms with Gasteiger partial charge >= 0.3 is 0 Å². The molecule has 8 nitrogen and oxygen atoms in total. The summed E-state index contributed by atoms with van der Waals surface area (Å²) in [6.07, 6.45) is 1.47. The highest BCUT2D eigenvalue weighted by Gasteiger charge is 2.12. The lowest BCUT2D eigenvalue weighted by Crippen LogP contribution is -2.18. The largest absolute Gasteiger partial charge is 0.496 e. The number of aromatic amines is 1. The van der Waals surface area contributed by atoms with Crippen molar-refractivity contribution in [2.75, 3.05) is 21.3 Å². The zero-order valence-corrected chi connectivity index (χ0v) is 17.6. The Morgan fingerprint density at radius 2 is 1.67 bits per heavy atom. The van der Waals surface area contributed by atoms with E-state index in [1.807, 2.05) is 32.0 Å². The van der Waals surface area contributed by atoms with Gasteiger partial charge in [0.05, 0.1) is 33.2 Å². The number of nitrogens with one attached hydrogen (secondary N) is 2. The Morgan fingerprint density at radius 3 is 2.33 bits per heavy atom. The van der Waals surface area contributed by atoms with Crippen molar-refractivity contribution in [2.45, 2.75) is 13.8 Å². The molecule has 0 aliphatic carbocycles. The van der Waals surface area contributed by atoms with Crippen LogP contribution in [0.2, 0.25) is 0 Å². The summed E-state index contributed by atoms with van der Waals surface area (Å²) in [7, 11) is 4.62. The molecule has 30 heavy (non-hydrogen) atoms. The molecular formula is C22H24N4O4. The summed E-state index contributed by atoms with van der Waals surface area (Å²) in [5.74, 6) is 1.18. The second kappa shape index (κ2) is 9.13. The van der Waals surface area contributed by atoms with Gasteiger partial charge in [-0.2, -0.15) is 10.2 Å². The number of aromatic nitrogens is 2. The predicted octanol–water partition coefficient (Wildman–Crippen LogP) is 3.48. The number of methoxy groups -OCH3 is 3. The fourth-order valence-electron chi connectivity index (χ4n) is 2.86. The van der Waals surface area contributed by atoms with Gasteiger partial charge in [-0.1, -0.05) is 12.1 Å². The number of carbonyl (C=O) groups is 1. The molecule has 0 spiro atoms. The van der Waals surface area contributed by atoms with Crippen molar-refractivity contribution >= 4 is 12.1 Å². The van der Waals surface area contributed by atoms with E-state index in [1.165, 1.54) is 18.9 Å². The fraction of sp³-hybridized carbons (Fsp3) is 0.227. The van der Waals surface area contributed by atoms with Crippen LogP contribution in [0.15, 0.2) is 41.5 Å². The Bertz CT molecular complexity index is 1090. The maximum Gasteiger partial charge on any atom is 0.289 e. The van der Waals surface area contributed by atoms with Crippen molar-refractivity contribution in [1.82, 2.24) is 15.6 Å². The van der Waals surface area contributed by atoms with Gasteiger partial charge in [-0.05, 0) is 43.2 Å². The Labute approximate surface area is 174 Å². The number of rotatable bonds is 7. The van der Waals surface area contributed by atoms with Crippen molar-refractivity contribution < 1.29 is 19.0 Å². The minimum atomic E-state index is -0.409. The standard InChI is InChI=1S/C22H24N4O4/c1-13-6-7-15(8-14(13)2)17-10-18(25-24-17)22(27)26-23-12-16-9-20(29-4)21(30-5)11-19(16)28-3/h6-12H,1-5H3,(H,24,25)(H,26,27)/b23-12+. The van der Waals surface area contributed by atoms with E-state index in [9.17, 15) is 4.79 Å². The SMILES string of the molecule is COc1cc(OC)c(OC)cc1/C=N/NC(=O)c1cc(-c2ccc(C)c(C)c2)n[nH]1. The van der Waals surface area contributed by atoms with Crippen LogP contribution in [-0.2, 0) is 0 Å². The third-order valence-electron chi connectivity index (χ3n) is 4.73. The molecule has 0 fully saturated rings. The first-order valence-corrected chi connectivity index (χ1v) is 9.23. The number of benzene rings is 2. The van der Waals surface area contributed by atoms with Gasteiger partial charge in [-0.3, -0.25) is 9.89 Å². The molecule has 3 rings (SSSR count). The van der Waals surface area contributed by atoms with Crippen LogP contribution in [0.25, 0.3) is 11.3 Å². The molecule has 1 aromatic heterocycles. The molecule has 0 saturated carbocycles. The zero-order chi connectivity index (χ0) is 21.7. The van der Waals surface area contributed by atoms with Gasteiger partial charge in [0.2, 0.25) is 0 Å². The van der Waals surface area contributed by atoms with Crippen LogP contribution >= 0.6 is 0 Å². The molecule has 3 aromatic rings. The van der Waals surface area contributed by atoms with Gasteiger partial charge in [0.1, 0.15) is 11.4 Å². The van der Waals surface area contributed by atoms with Crippen molar-refractivity contribution in [2.24, 2.45) is 5.10 Å². The number of aryl methyl sites for hydroxylation is 2. The van der Waals surface area contributed by atoms with E-state index in [2.05, 4.69) is 20.7 Å². The van der Waals surface area contributed by atoms with E-state index in [-0.39, 0.29) is 0 Å². The fourth-order valence-corrected chi connectivity index (χ4v) is 2.86. The summed E-state index contributed by atoms with van der Waals surface area (Å²) in [5, 5.41) is 11.0. The molecule has 2 N–H and O–H groups in total. The van der Waals surface area contributed by atoms with E-state index >= 15 is 0 Å². The third kappa shape index (κ3) is 4.43. The Kier molecular flexibility index (Phi) is 6.36. The zero-order valence-electron chi connectivity index (χ0n) is 17.6. The van der Waals surface area contributed by atoms with Gasteiger partial charge in [0.25, 0.3) is 5.91 Å². The molecule has 2 aromatic carbocycles. The van der Waals surface area contributed by atoms with Crippen molar-refractivity contribution in [3.8, 4) is 28.5 Å². The highest BCUT2D eigenvalue weighted by atomic mass is 16.5. The molecule has 1 heterocycles. The first-order chi connectivity index (χ1) is 14.5. The topological polar surface area (TPSA) is 97.8 Å². The summed E-state index contributed by atoms with van der Waals surface area (Å²) in [5.41, 5.74) is 7.40. The van der Waals surface area contributed by atoms with Crippen LogP contribution in [0.4, 0.5) is 0 Å². The highest BCUT2D eigenvalue weighted by molar-refractivity contribution is 5.94.